The van der Waals surface area contributed by atoms with Crippen LogP contribution < -0.4 is 15.5 Å². The summed E-state index contributed by atoms with van der Waals surface area (Å²) < 4.78 is 14.6. The minimum Gasteiger partial charge on any atom is -0.341 e. The number of carbonyl (C=O) groups is 2. The van der Waals surface area contributed by atoms with E-state index < -0.39 is 5.91 Å². The van der Waals surface area contributed by atoms with Gasteiger partial charge in [-0.25, -0.2) is 14.4 Å². The average Bonchev–Trinajstić information content (AvgIpc) is 3.30. The molecule has 1 aromatic carbocycles. The van der Waals surface area contributed by atoms with Crippen molar-refractivity contribution in [2.45, 2.75) is 19.4 Å². The number of carbonyl (C=O) groups excluding carboxylic acids is 2. The number of rotatable bonds is 7. The van der Waals surface area contributed by atoms with Gasteiger partial charge in [0, 0.05) is 54.7 Å². The largest absolute Gasteiger partial charge is 0.341 e. The van der Waals surface area contributed by atoms with Crippen LogP contribution in [0.2, 0.25) is 0 Å². The van der Waals surface area contributed by atoms with Crippen LogP contribution in [0.25, 0.3) is 28.1 Å². The number of nitrogens with one attached hydrogen (secondary N) is 2. The van der Waals surface area contributed by atoms with E-state index in [2.05, 4.69) is 35.5 Å². The average molecular weight is 556 g/mol. The molecule has 9 nitrogen and oxygen atoms in total. The summed E-state index contributed by atoms with van der Waals surface area (Å²) in [5.74, 6) is 0.309. The summed E-state index contributed by atoms with van der Waals surface area (Å²) in [5.41, 5.74) is 2.74. The minimum atomic E-state index is -0.406. The van der Waals surface area contributed by atoms with Gasteiger partial charge in [0.05, 0.1) is 22.5 Å². The number of thioether (sulfide) groups is 1. The molecule has 0 bridgehead atoms. The monoisotopic (exact) mass is 555 g/mol. The third-order valence-electron chi connectivity index (χ3n) is 7.11. The number of benzene rings is 1. The van der Waals surface area contributed by atoms with E-state index in [4.69, 9.17) is 0 Å². The maximum absolute atomic E-state index is 14.6. The van der Waals surface area contributed by atoms with E-state index in [0.717, 1.165) is 60.6 Å². The summed E-state index contributed by atoms with van der Waals surface area (Å²) >= 11 is 0.868. The zero-order chi connectivity index (χ0) is 27.5. The van der Waals surface area contributed by atoms with Crippen LogP contribution in [0, 0.1) is 11.7 Å². The molecule has 0 aliphatic carbocycles. The van der Waals surface area contributed by atoms with E-state index in [9.17, 15) is 14.0 Å². The molecule has 2 amide bonds. The molecule has 6 rings (SSSR count). The van der Waals surface area contributed by atoms with Crippen LogP contribution in [0.15, 0.2) is 66.1 Å². The number of fused-ring (bicyclic) bond motifs is 1. The Balaban J connectivity index is 1.04. The van der Waals surface area contributed by atoms with Crippen molar-refractivity contribution < 1.29 is 14.0 Å². The van der Waals surface area contributed by atoms with Gasteiger partial charge in [0.1, 0.15) is 5.82 Å². The molecule has 2 saturated heterocycles. The van der Waals surface area contributed by atoms with E-state index in [0.29, 0.717) is 40.3 Å². The third-order valence-corrected chi connectivity index (χ3v) is 7.92. The van der Waals surface area contributed by atoms with Crippen molar-refractivity contribution in [1.29, 1.82) is 0 Å². The highest BCUT2D eigenvalue weighted by Gasteiger charge is 2.26. The Labute approximate surface area is 234 Å². The van der Waals surface area contributed by atoms with Gasteiger partial charge in [0.25, 0.3) is 11.1 Å². The number of aromatic nitrogens is 4. The molecule has 5 heterocycles. The molecule has 2 N–H and O–H groups in total. The standard InChI is InChI=1S/C29H26FN7O2S/c30-24-17-34-25(23-16-32-14-19-3-1-2-4-22(19)23)11-20(24)15-31-13-18-6-9-37(10-7-18)28-33-8-5-21(35-28)12-26-27(38)36-29(39)40-26/h1-5,8,11-12,14,16-18,31H,6-7,9-10,13,15H2,(H,36,38,39)/b26-12+. The van der Waals surface area contributed by atoms with E-state index in [1.54, 1.807) is 30.6 Å². The Morgan fingerprint density at radius 3 is 2.77 bits per heavy atom. The first-order valence-corrected chi connectivity index (χ1v) is 13.9. The predicted molar refractivity (Wildman–Crippen MR) is 153 cm³/mol. The van der Waals surface area contributed by atoms with Crippen LogP contribution in [-0.4, -0.2) is 50.7 Å². The number of piperidine rings is 1. The van der Waals surface area contributed by atoms with Gasteiger partial charge in [0.2, 0.25) is 5.95 Å². The Kier molecular flexibility index (Phi) is 7.47. The van der Waals surface area contributed by atoms with Crippen LogP contribution in [0.5, 0.6) is 0 Å². The second kappa shape index (κ2) is 11.5. The molecule has 2 aliphatic rings. The highest BCUT2D eigenvalue weighted by molar-refractivity contribution is 8.18. The molecule has 0 spiro atoms. The Hall–Kier alpha value is -4.22. The molecule has 0 saturated carbocycles. The number of nitrogens with zero attached hydrogens (tertiary/aromatic N) is 5. The Morgan fingerprint density at radius 2 is 1.95 bits per heavy atom. The van der Waals surface area contributed by atoms with Crippen LogP contribution in [0.1, 0.15) is 24.1 Å². The van der Waals surface area contributed by atoms with Crippen molar-refractivity contribution in [1.82, 2.24) is 30.6 Å². The van der Waals surface area contributed by atoms with Crippen molar-refractivity contribution >= 4 is 45.7 Å². The smallest absolute Gasteiger partial charge is 0.290 e. The Bertz CT molecular complexity index is 1620. The number of halogens is 1. The highest BCUT2D eigenvalue weighted by Crippen LogP contribution is 2.28. The number of anilines is 1. The Morgan fingerprint density at radius 1 is 1.10 bits per heavy atom. The molecule has 40 heavy (non-hydrogen) atoms. The zero-order valence-electron chi connectivity index (χ0n) is 21.5. The van der Waals surface area contributed by atoms with Crippen molar-refractivity contribution in [2.75, 3.05) is 24.5 Å². The molecule has 0 atom stereocenters. The normalized spacial score (nSPS) is 17.1. The highest BCUT2D eigenvalue weighted by atomic mass is 32.2. The SMILES string of the molecule is O=C1NC(=O)/C(=C\c2ccnc(N3CCC(CNCc4cc(-c5cncc6ccccc56)ncc4F)CC3)n2)S1. The van der Waals surface area contributed by atoms with Gasteiger partial charge in [-0.3, -0.25) is 24.9 Å². The molecule has 0 radical (unpaired) electrons. The predicted octanol–water partition coefficient (Wildman–Crippen LogP) is 4.56. The summed E-state index contributed by atoms with van der Waals surface area (Å²) in [6, 6.07) is 11.5. The number of amides is 2. The topological polar surface area (TPSA) is 113 Å². The van der Waals surface area contributed by atoms with Crippen molar-refractivity contribution in [2.24, 2.45) is 5.92 Å². The summed E-state index contributed by atoms with van der Waals surface area (Å²) in [4.78, 5) is 43.3. The minimum absolute atomic E-state index is 0.325. The van der Waals surface area contributed by atoms with E-state index in [1.807, 2.05) is 30.5 Å². The van der Waals surface area contributed by atoms with E-state index >= 15 is 0 Å². The van der Waals surface area contributed by atoms with Gasteiger partial charge in [-0.05, 0) is 60.7 Å². The van der Waals surface area contributed by atoms with Crippen LogP contribution >= 0.6 is 11.8 Å². The first kappa shape index (κ1) is 26.0. The first-order valence-electron chi connectivity index (χ1n) is 13.0. The van der Waals surface area contributed by atoms with Gasteiger partial charge in [-0.1, -0.05) is 24.3 Å². The van der Waals surface area contributed by atoms with Crippen LogP contribution in [-0.2, 0) is 11.3 Å². The van der Waals surface area contributed by atoms with E-state index in [-0.39, 0.29) is 11.1 Å². The molecule has 4 aromatic rings. The molecule has 202 valence electrons. The fraction of sp³-hybridized carbons (Fsp3) is 0.241. The maximum Gasteiger partial charge on any atom is 0.290 e. The lowest BCUT2D eigenvalue weighted by Crippen LogP contribution is -2.38. The fourth-order valence-electron chi connectivity index (χ4n) is 4.98. The molecular weight excluding hydrogens is 529 g/mol. The number of hydrogen-bond acceptors (Lipinski definition) is 9. The summed E-state index contributed by atoms with van der Waals surface area (Å²) in [6.45, 7) is 2.77. The lowest BCUT2D eigenvalue weighted by atomic mass is 9.97. The molecule has 0 unspecified atom stereocenters. The van der Waals surface area contributed by atoms with Crippen molar-refractivity contribution in [3.8, 4) is 11.3 Å². The lowest BCUT2D eigenvalue weighted by Gasteiger charge is -2.32. The maximum atomic E-state index is 14.6. The fourth-order valence-corrected chi connectivity index (χ4v) is 5.65. The second-order valence-electron chi connectivity index (χ2n) is 9.76. The van der Waals surface area contributed by atoms with Gasteiger partial charge in [-0.15, -0.1) is 0 Å². The quantitative estimate of drug-likeness (QED) is 0.317. The van der Waals surface area contributed by atoms with Gasteiger partial charge >= 0.3 is 0 Å². The lowest BCUT2D eigenvalue weighted by molar-refractivity contribution is -0.115. The summed E-state index contributed by atoms with van der Waals surface area (Å²) in [6.07, 6.45) is 10.0. The summed E-state index contributed by atoms with van der Waals surface area (Å²) in [7, 11) is 0. The van der Waals surface area contributed by atoms with Crippen LogP contribution in [0.4, 0.5) is 15.1 Å². The van der Waals surface area contributed by atoms with Gasteiger partial charge in [0.15, 0.2) is 0 Å². The van der Waals surface area contributed by atoms with Gasteiger partial charge < -0.3 is 10.2 Å². The van der Waals surface area contributed by atoms with Gasteiger partial charge in [-0.2, -0.15) is 0 Å². The molecular formula is C29H26FN7O2S. The van der Waals surface area contributed by atoms with E-state index in [1.165, 1.54) is 6.20 Å². The first-order chi connectivity index (χ1) is 19.5. The molecule has 2 aliphatic heterocycles. The van der Waals surface area contributed by atoms with Crippen molar-refractivity contribution in [3.63, 3.8) is 0 Å². The van der Waals surface area contributed by atoms with Crippen LogP contribution in [0.3, 0.4) is 0 Å². The molecule has 3 aromatic heterocycles. The number of pyridine rings is 2. The molecule has 11 heteroatoms. The summed E-state index contributed by atoms with van der Waals surface area (Å²) in [5, 5.41) is 7.35. The van der Waals surface area contributed by atoms with Crippen molar-refractivity contribution in [3.05, 3.63) is 83.2 Å². The molecule has 2 fully saturated rings. The third kappa shape index (κ3) is 5.70. The number of hydrogen-bond donors (Lipinski definition) is 2. The number of imide groups is 1. The second-order valence-corrected chi connectivity index (χ2v) is 10.8. The zero-order valence-corrected chi connectivity index (χ0v) is 22.3.